The van der Waals surface area contributed by atoms with Crippen LogP contribution in [0.2, 0.25) is 0 Å². The fourth-order valence-corrected chi connectivity index (χ4v) is 4.65. The molecule has 152 valence electrons. The highest BCUT2D eigenvalue weighted by molar-refractivity contribution is 5.09. The number of hydrogen-bond donors (Lipinski definition) is 0. The van der Waals surface area contributed by atoms with Gasteiger partial charge >= 0.3 is 0 Å². The Labute approximate surface area is 163 Å². The maximum Gasteiger partial charge on any atom is 0.110 e. The third kappa shape index (κ3) is 7.55. The molecule has 0 saturated heterocycles. The van der Waals surface area contributed by atoms with Crippen LogP contribution in [0, 0.1) is 23.7 Å². The van der Waals surface area contributed by atoms with Crippen molar-refractivity contribution in [2.75, 3.05) is 19.6 Å². The highest BCUT2D eigenvalue weighted by Gasteiger charge is 2.33. The van der Waals surface area contributed by atoms with E-state index in [4.69, 9.17) is 0 Å². The molecule has 0 aromatic rings. The Balaban J connectivity index is 2.59. The zero-order chi connectivity index (χ0) is 19.5. The molecule has 0 heterocycles. The molecule has 1 rings (SSSR count). The number of unbranched alkanes of at least 4 members (excludes halogenated alkanes) is 1. The molecule has 26 heavy (non-hydrogen) atoms. The summed E-state index contributed by atoms with van der Waals surface area (Å²) in [6.45, 7) is 18.1. The van der Waals surface area contributed by atoms with Gasteiger partial charge in [-0.05, 0) is 62.4 Å². The predicted octanol–water partition coefficient (Wildman–Crippen LogP) is 7.40. The van der Waals surface area contributed by atoms with E-state index in [2.05, 4.69) is 39.2 Å². The van der Waals surface area contributed by atoms with E-state index in [1.807, 2.05) is 6.92 Å². The molecule has 1 aliphatic rings. The van der Waals surface area contributed by atoms with Crippen molar-refractivity contribution in [3.8, 4) is 0 Å². The molecule has 2 heteroatoms. The van der Waals surface area contributed by atoms with Crippen molar-refractivity contribution in [1.82, 2.24) is 4.90 Å². The summed E-state index contributed by atoms with van der Waals surface area (Å²) in [4.78, 5) is 2.23. The highest BCUT2D eigenvalue weighted by atomic mass is 19.1. The quantitative estimate of drug-likeness (QED) is 0.326. The zero-order valence-corrected chi connectivity index (χ0v) is 18.2. The van der Waals surface area contributed by atoms with Gasteiger partial charge in [-0.2, -0.15) is 0 Å². The van der Waals surface area contributed by atoms with Gasteiger partial charge in [-0.15, -0.1) is 0 Å². The Hall–Kier alpha value is -0.630. The first-order chi connectivity index (χ1) is 12.4. The third-order valence-electron chi connectivity index (χ3n) is 6.55. The summed E-state index contributed by atoms with van der Waals surface area (Å²) < 4.78 is 13.8. The molecule has 1 fully saturated rings. The van der Waals surface area contributed by atoms with Gasteiger partial charge in [0.25, 0.3) is 0 Å². The molecular weight excluding hydrogens is 321 g/mol. The maximum absolute atomic E-state index is 13.8. The van der Waals surface area contributed by atoms with Crippen molar-refractivity contribution in [2.24, 2.45) is 23.7 Å². The average molecular weight is 366 g/mol. The minimum atomic E-state index is 0.0153. The van der Waals surface area contributed by atoms with Crippen LogP contribution in [-0.4, -0.2) is 24.5 Å². The fraction of sp³-hybridized carbons (Fsp3) is 0.833. The third-order valence-corrected chi connectivity index (χ3v) is 6.55. The second-order valence-corrected chi connectivity index (χ2v) is 8.51. The van der Waals surface area contributed by atoms with Gasteiger partial charge in [0.05, 0.1) is 0 Å². The normalized spacial score (nSPS) is 25.5. The summed E-state index contributed by atoms with van der Waals surface area (Å²) >= 11 is 0. The molecule has 0 N–H and O–H groups in total. The summed E-state index contributed by atoms with van der Waals surface area (Å²) in [5.74, 6) is 2.91. The van der Waals surface area contributed by atoms with Crippen LogP contribution in [0.1, 0.15) is 86.0 Å². The number of rotatable bonds is 12. The van der Waals surface area contributed by atoms with E-state index < -0.39 is 0 Å². The van der Waals surface area contributed by atoms with Crippen LogP contribution >= 0.6 is 0 Å². The molecule has 1 saturated carbocycles. The van der Waals surface area contributed by atoms with Gasteiger partial charge in [-0.1, -0.05) is 78.5 Å². The molecule has 0 bridgehead atoms. The fourth-order valence-electron chi connectivity index (χ4n) is 4.65. The Morgan fingerprint density at radius 2 is 2.00 bits per heavy atom. The SMILES string of the molecule is C=C(C(C)CCN(CC)C/C(F)=C\CC)C1CCCC(C)C1CCCC. The first kappa shape index (κ1) is 23.4. The Morgan fingerprint density at radius 3 is 2.62 bits per heavy atom. The molecule has 4 atom stereocenters. The minimum Gasteiger partial charge on any atom is -0.297 e. The number of allylic oxidation sites excluding steroid dienone is 2. The van der Waals surface area contributed by atoms with Crippen LogP contribution < -0.4 is 0 Å². The standard InChI is InChI=1S/C24H44FN/c1-7-10-14-23-20(5)13-11-15-24(23)21(6)19(4)16-17-26(9-3)18-22(25)12-8-2/h12,19-20,23-24H,6-11,13-18H2,1-5H3/b22-12+. The van der Waals surface area contributed by atoms with E-state index in [1.54, 1.807) is 6.08 Å². The van der Waals surface area contributed by atoms with Gasteiger partial charge in [-0.3, -0.25) is 4.90 Å². The second-order valence-electron chi connectivity index (χ2n) is 8.51. The number of nitrogens with zero attached hydrogens (tertiary/aromatic N) is 1. The largest absolute Gasteiger partial charge is 0.297 e. The van der Waals surface area contributed by atoms with Crippen LogP contribution in [0.4, 0.5) is 4.39 Å². The zero-order valence-electron chi connectivity index (χ0n) is 18.2. The first-order valence-corrected chi connectivity index (χ1v) is 11.2. The van der Waals surface area contributed by atoms with Crippen molar-refractivity contribution < 1.29 is 4.39 Å². The van der Waals surface area contributed by atoms with Crippen molar-refractivity contribution >= 4 is 0 Å². The van der Waals surface area contributed by atoms with Gasteiger partial charge in [-0.25, -0.2) is 4.39 Å². The molecule has 0 amide bonds. The van der Waals surface area contributed by atoms with Crippen molar-refractivity contribution in [1.29, 1.82) is 0 Å². The summed E-state index contributed by atoms with van der Waals surface area (Å²) in [6.07, 6.45) is 11.6. The maximum atomic E-state index is 13.8. The molecule has 4 unspecified atom stereocenters. The smallest absolute Gasteiger partial charge is 0.110 e. The lowest BCUT2D eigenvalue weighted by Gasteiger charge is -2.40. The molecular formula is C24H44FN. The summed E-state index contributed by atoms with van der Waals surface area (Å²) in [7, 11) is 0. The van der Waals surface area contributed by atoms with Crippen LogP contribution in [0.25, 0.3) is 0 Å². The molecule has 0 aromatic heterocycles. The lowest BCUT2D eigenvalue weighted by atomic mass is 9.66. The van der Waals surface area contributed by atoms with E-state index >= 15 is 0 Å². The van der Waals surface area contributed by atoms with E-state index in [0.717, 1.165) is 37.8 Å². The second kappa shape index (κ2) is 12.7. The topological polar surface area (TPSA) is 3.24 Å². The van der Waals surface area contributed by atoms with Gasteiger partial charge < -0.3 is 0 Å². The number of halogens is 1. The van der Waals surface area contributed by atoms with Gasteiger partial charge in [0.15, 0.2) is 0 Å². The van der Waals surface area contributed by atoms with Crippen LogP contribution in [0.15, 0.2) is 24.1 Å². The molecule has 0 aliphatic heterocycles. The van der Waals surface area contributed by atoms with Crippen LogP contribution in [0.5, 0.6) is 0 Å². The first-order valence-electron chi connectivity index (χ1n) is 11.2. The van der Waals surface area contributed by atoms with E-state index in [1.165, 1.54) is 44.1 Å². The molecule has 1 nitrogen and oxygen atoms in total. The lowest BCUT2D eigenvalue weighted by molar-refractivity contribution is 0.165. The Kier molecular flexibility index (Phi) is 11.4. The molecule has 0 aromatic carbocycles. The van der Waals surface area contributed by atoms with Gasteiger partial charge in [0, 0.05) is 6.54 Å². The monoisotopic (exact) mass is 365 g/mol. The summed E-state index contributed by atoms with van der Waals surface area (Å²) in [5, 5.41) is 0. The minimum absolute atomic E-state index is 0.0153. The summed E-state index contributed by atoms with van der Waals surface area (Å²) in [5.41, 5.74) is 1.47. The van der Waals surface area contributed by atoms with E-state index in [-0.39, 0.29) is 5.83 Å². The number of hydrogen-bond acceptors (Lipinski definition) is 1. The highest BCUT2D eigenvalue weighted by Crippen LogP contribution is 2.43. The molecule has 0 spiro atoms. The van der Waals surface area contributed by atoms with Gasteiger partial charge in [0.1, 0.15) is 5.83 Å². The van der Waals surface area contributed by atoms with Crippen molar-refractivity contribution in [3.05, 3.63) is 24.1 Å². The predicted molar refractivity (Wildman–Crippen MR) is 114 cm³/mol. The van der Waals surface area contributed by atoms with Crippen LogP contribution in [0.3, 0.4) is 0 Å². The molecule has 0 radical (unpaired) electrons. The van der Waals surface area contributed by atoms with Crippen LogP contribution in [-0.2, 0) is 0 Å². The van der Waals surface area contributed by atoms with E-state index in [9.17, 15) is 4.39 Å². The Bertz CT molecular complexity index is 428. The van der Waals surface area contributed by atoms with E-state index in [0.29, 0.717) is 18.4 Å². The Morgan fingerprint density at radius 1 is 1.27 bits per heavy atom. The summed E-state index contributed by atoms with van der Waals surface area (Å²) in [6, 6.07) is 0. The lowest BCUT2D eigenvalue weighted by Crippen LogP contribution is -2.31. The van der Waals surface area contributed by atoms with Gasteiger partial charge in [0.2, 0.25) is 0 Å². The number of likely N-dealkylation sites (N-methyl/N-ethyl adjacent to an activating group) is 1. The van der Waals surface area contributed by atoms with Crippen molar-refractivity contribution in [2.45, 2.75) is 86.0 Å². The molecule has 1 aliphatic carbocycles. The average Bonchev–Trinajstić information content (AvgIpc) is 2.63. The van der Waals surface area contributed by atoms with Crippen molar-refractivity contribution in [3.63, 3.8) is 0 Å².